The van der Waals surface area contributed by atoms with E-state index in [0.717, 1.165) is 0 Å². The van der Waals surface area contributed by atoms with Crippen LogP contribution >= 0.6 is 23.2 Å². The summed E-state index contributed by atoms with van der Waals surface area (Å²) in [5, 5.41) is 2.55. The van der Waals surface area contributed by atoms with E-state index in [2.05, 4.69) is 26.2 Å². The van der Waals surface area contributed by atoms with E-state index in [0.29, 0.717) is 18.1 Å². The van der Waals surface area contributed by atoms with Gasteiger partial charge in [0.15, 0.2) is 5.84 Å². The van der Waals surface area contributed by atoms with E-state index in [4.69, 9.17) is 28.9 Å². The Bertz CT molecular complexity index is 1160. The van der Waals surface area contributed by atoms with Crippen molar-refractivity contribution in [2.24, 2.45) is 15.7 Å². The van der Waals surface area contributed by atoms with Gasteiger partial charge in [-0.2, -0.15) is 13.2 Å². The van der Waals surface area contributed by atoms with E-state index in [1.807, 2.05) is 0 Å². The van der Waals surface area contributed by atoms with E-state index in [-0.39, 0.29) is 40.1 Å². The molecule has 0 bridgehead atoms. The third kappa shape index (κ3) is 7.82. The minimum atomic E-state index is -4.94. The molecular weight excluding hydrogens is 512 g/mol. The molecule has 0 aromatic heterocycles. The van der Waals surface area contributed by atoms with Crippen molar-refractivity contribution in [3.63, 3.8) is 0 Å². The van der Waals surface area contributed by atoms with Gasteiger partial charge in [-0.05, 0) is 37.1 Å². The minimum Gasteiger partial charge on any atom is -0.395 e. The number of carbonyl (C=O) groups is 3. The van der Waals surface area contributed by atoms with Crippen molar-refractivity contribution in [2.45, 2.75) is 32.9 Å². The first-order valence-electron chi connectivity index (χ1n) is 10.1. The largest absolute Gasteiger partial charge is 0.430 e. The number of amides is 3. The number of nitrogens with two attached hydrogens (primary N) is 1. The van der Waals surface area contributed by atoms with Crippen molar-refractivity contribution in [3.05, 3.63) is 51.2 Å². The molecule has 1 aliphatic heterocycles. The molecule has 1 heterocycles. The van der Waals surface area contributed by atoms with Crippen LogP contribution in [0.2, 0.25) is 5.02 Å². The van der Waals surface area contributed by atoms with Crippen molar-refractivity contribution in [2.75, 3.05) is 11.9 Å². The predicted octanol–water partition coefficient (Wildman–Crippen LogP) is 3.53. The number of aliphatic imine (C=N–C) groups is 2. The van der Waals surface area contributed by atoms with Crippen LogP contribution in [-0.4, -0.2) is 42.0 Å². The average Bonchev–Trinajstić information content (AvgIpc) is 2.78. The number of benzene rings is 1. The summed E-state index contributed by atoms with van der Waals surface area (Å²) in [6.45, 7) is 3.34. The molecule has 1 aliphatic rings. The molecule has 1 aromatic carbocycles. The number of dihydropyridines is 1. The second-order valence-corrected chi connectivity index (χ2v) is 7.94. The number of halogens is 5. The smallest absolute Gasteiger partial charge is 0.395 e. The summed E-state index contributed by atoms with van der Waals surface area (Å²) in [5.41, 5.74) is 7.14. The number of rotatable bonds is 5. The van der Waals surface area contributed by atoms with Gasteiger partial charge in [0.05, 0.1) is 16.3 Å². The quantitative estimate of drug-likeness (QED) is 0.340. The van der Waals surface area contributed by atoms with E-state index in [9.17, 15) is 27.6 Å². The molecule has 188 valence electrons. The van der Waals surface area contributed by atoms with Gasteiger partial charge in [0.1, 0.15) is 11.4 Å². The maximum Gasteiger partial charge on any atom is 0.430 e. The molecule has 0 saturated heterocycles. The fraction of sp³-hybridized carbons (Fsp3) is 0.286. The highest BCUT2D eigenvalue weighted by Crippen LogP contribution is 2.26. The molecular formula is C21H21Cl2F3N6O3. The highest BCUT2D eigenvalue weighted by atomic mass is 35.5. The second kappa shape index (κ2) is 11.8. The van der Waals surface area contributed by atoms with Gasteiger partial charge in [0.2, 0.25) is 5.91 Å². The topological polar surface area (TPSA) is 138 Å². The number of nitrogens with zero attached hydrogens (tertiary/aromatic N) is 2. The van der Waals surface area contributed by atoms with Crippen LogP contribution in [-0.2, 0) is 9.59 Å². The zero-order valence-corrected chi connectivity index (χ0v) is 20.0. The lowest BCUT2D eigenvalue weighted by Crippen LogP contribution is -2.41. The van der Waals surface area contributed by atoms with E-state index < -0.39 is 35.3 Å². The van der Waals surface area contributed by atoms with Gasteiger partial charge in [0, 0.05) is 18.0 Å². The van der Waals surface area contributed by atoms with Crippen LogP contribution in [0.1, 0.15) is 35.7 Å². The summed E-state index contributed by atoms with van der Waals surface area (Å²) in [7, 11) is 0. The van der Waals surface area contributed by atoms with Gasteiger partial charge in [0.25, 0.3) is 11.8 Å². The zero-order chi connectivity index (χ0) is 26.3. The zero-order valence-electron chi connectivity index (χ0n) is 18.5. The number of hydrazine groups is 1. The summed E-state index contributed by atoms with van der Waals surface area (Å²) >= 11 is 12.0. The molecule has 9 nitrogen and oxygen atoms in total. The molecule has 0 radical (unpaired) electrons. The molecule has 14 heteroatoms. The van der Waals surface area contributed by atoms with Crippen LogP contribution in [0.25, 0.3) is 0 Å². The standard InChI is InChI=1S/C21H21Cl2F3N6O3/c1-3-16(33)31-32-19(34)12-8-11(22)7-10(2)17(12)30-20(35)14(9-15(27)21(24,25)26)29-18-13(23)5-4-6-28-18/h5,7-9H,3-4,6,27H2,1-2H3,(H,30,35)(H,31,33)(H,32,34). The van der Waals surface area contributed by atoms with E-state index >= 15 is 0 Å². The fourth-order valence-corrected chi connectivity index (χ4v) is 3.14. The predicted molar refractivity (Wildman–Crippen MR) is 127 cm³/mol. The normalized spacial score (nSPS) is 14.6. The highest BCUT2D eigenvalue weighted by Gasteiger charge is 2.32. The third-order valence-corrected chi connectivity index (χ3v) is 4.97. The first-order valence-corrected chi connectivity index (χ1v) is 10.8. The average molecular weight is 533 g/mol. The van der Waals surface area contributed by atoms with Gasteiger partial charge in [-0.25, -0.2) is 4.99 Å². The third-order valence-electron chi connectivity index (χ3n) is 4.43. The number of amidine groups is 1. The maximum absolute atomic E-state index is 13.1. The SMILES string of the molecule is CCC(=O)NNC(=O)c1cc(Cl)cc(C)c1NC(=O)C(C=C(N)C(F)(F)F)=NC1=NCCC=C1Cl. The Labute approximate surface area is 208 Å². The molecule has 0 aliphatic carbocycles. The molecule has 0 fully saturated rings. The Kier molecular flexibility index (Phi) is 9.43. The lowest BCUT2D eigenvalue weighted by atomic mass is 10.1. The molecule has 0 saturated carbocycles. The van der Waals surface area contributed by atoms with Crippen molar-refractivity contribution >= 4 is 58.2 Å². The maximum atomic E-state index is 13.1. The van der Waals surface area contributed by atoms with E-state index in [1.165, 1.54) is 19.1 Å². The van der Waals surface area contributed by atoms with E-state index in [1.54, 1.807) is 13.0 Å². The van der Waals surface area contributed by atoms with Crippen LogP contribution < -0.4 is 21.9 Å². The van der Waals surface area contributed by atoms with Crippen molar-refractivity contribution < 1.29 is 27.6 Å². The van der Waals surface area contributed by atoms with Crippen LogP contribution in [0.3, 0.4) is 0 Å². The Morgan fingerprint density at radius 3 is 2.51 bits per heavy atom. The van der Waals surface area contributed by atoms with Gasteiger partial charge in [-0.15, -0.1) is 0 Å². The second-order valence-electron chi connectivity index (χ2n) is 7.10. The van der Waals surface area contributed by atoms with Crippen LogP contribution in [0.4, 0.5) is 18.9 Å². The lowest BCUT2D eigenvalue weighted by molar-refractivity contribution is -0.121. The number of aryl methyl sites for hydroxylation is 1. The van der Waals surface area contributed by atoms with Crippen LogP contribution in [0, 0.1) is 6.92 Å². The molecule has 5 N–H and O–H groups in total. The summed E-state index contributed by atoms with van der Waals surface area (Å²) in [6.07, 6.45) is -2.46. The van der Waals surface area contributed by atoms with Crippen LogP contribution in [0.15, 0.2) is 45.0 Å². The first kappa shape index (κ1) is 27.9. The first-order chi connectivity index (χ1) is 16.3. The number of alkyl halides is 3. The molecule has 0 unspecified atom stereocenters. The summed E-state index contributed by atoms with van der Waals surface area (Å²) < 4.78 is 39.2. The monoisotopic (exact) mass is 532 g/mol. The minimum absolute atomic E-state index is 0.0509. The Morgan fingerprint density at radius 1 is 1.23 bits per heavy atom. The Hall–Kier alpha value is -3.38. The van der Waals surface area contributed by atoms with Crippen molar-refractivity contribution in [3.8, 4) is 0 Å². The summed E-state index contributed by atoms with van der Waals surface area (Å²) in [5.74, 6) is -2.60. The van der Waals surface area contributed by atoms with Crippen molar-refractivity contribution in [1.82, 2.24) is 10.9 Å². The molecule has 0 atom stereocenters. The fourth-order valence-electron chi connectivity index (χ4n) is 2.66. The summed E-state index contributed by atoms with van der Waals surface area (Å²) in [6, 6.07) is 2.62. The Balaban J connectivity index is 2.49. The Morgan fingerprint density at radius 2 is 1.91 bits per heavy atom. The number of allylic oxidation sites excluding steroid dienone is 1. The number of nitrogens with one attached hydrogen (secondary N) is 3. The molecule has 35 heavy (non-hydrogen) atoms. The number of carbonyl (C=O) groups excluding carboxylic acids is 3. The highest BCUT2D eigenvalue weighted by molar-refractivity contribution is 6.51. The molecule has 2 rings (SSSR count). The lowest BCUT2D eigenvalue weighted by Gasteiger charge is -2.16. The number of hydrogen-bond acceptors (Lipinski definition) is 6. The summed E-state index contributed by atoms with van der Waals surface area (Å²) in [4.78, 5) is 45.0. The molecule has 1 aromatic rings. The number of hydrogen-bond donors (Lipinski definition) is 4. The van der Waals surface area contributed by atoms with Gasteiger partial charge < -0.3 is 11.1 Å². The van der Waals surface area contributed by atoms with Gasteiger partial charge >= 0.3 is 6.18 Å². The van der Waals surface area contributed by atoms with Gasteiger partial charge in [-0.3, -0.25) is 30.2 Å². The van der Waals surface area contributed by atoms with Crippen molar-refractivity contribution in [1.29, 1.82) is 0 Å². The molecule has 3 amide bonds. The van der Waals surface area contributed by atoms with Crippen LogP contribution in [0.5, 0.6) is 0 Å². The molecule has 0 spiro atoms. The number of anilines is 1. The van der Waals surface area contributed by atoms with Gasteiger partial charge in [-0.1, -0.05) is 36.2 Å².